The fraction of sp³-hybridized carbons (Fsp3) is 0. The summed E-state index contributed by atoms with van der Waals surface area (Å²) in [6.07, 6.45) is 0. The normalized spacial score (nSPS) is 5.67. The van der Waals surface area contributed by atoms with Crippen LogP contribution in [0.25, 0.3) is 0 Å². The second-order valence-corrected chi connectivity index (χ2v) is 0.651. The van der Waals surface area contributed by atoms with Crippen molar-refractivity contribution in [2.45, 2.75) is 0 Å². The van der Waals surface area contributed by atoms with E-state index in [1.165, 1.54) is 0 Å². The summed E-state index contributed by atoms with van der Waals surface area (Å²) in [4.78, 5) is 0. The molecule has 0 radical (unpaired) electrons. The summed E-state index contributed by atoms with van der Waals surface area (Å²) in [6.45, 7) is 0. The van der Waals surface area contributed by atoms with Crippen molar-refractivity contribution in [3.63, 3.8) is 0 Å². The number of hydrogen-bond acceptors (Lipinski definition) is 3. The Morgan fingerprint density at radius 1 is 1.33 bits per heavy atom. The van der Waals surface area contributed by atoms with Gasteiger partial charge in [-0.25, -0.2) is 0 Å². The predicted molar refractivity (Wildman–Crippen MR) is 15.0 cm³/mol. The molecule has 0 bridgehead atoms. The topological polar surface area (TPSA) is 85.9 Å². The van der Waals surface area contributed by atoms with Crippen LogP contribution >= 0.6 is 0 Å². The average molecular weight is 266 g/mol. The van der Waals surface area contributed by atoms with Crippen molar-refractivity contribution in [1.82, 2.24) is 0 Å². The van der Waals surface area contributed by atoms with Crippen LogP contribution in [0.5, 0.6) is 0 Å². The monoisotopic (exact) mass is 265 g/mol. The van der Waals surface area contributed by atoms with Crippen molar-refractivity contribution >= 4 is 11.0 Å². The summed E-state index contributed by atoms with van der Waals surface area (Å²) in [6, 6.07) is 0. The molecule has 0 aromatic heterocycles. The molecule has 0 aliphatic rings. The third kappa shape index (κ3) is 69.5. The molecule has 0 aromatic carbocycles. The molecule has 3 N–H and O–H groups in total. The Morgan fingerprint density at radius 3 is 1.33 bits per heavy atom. The zero-order chi connectivity index (χ0) is 3.58. The fourth-order valence-corrected chi connectivity index (χ4v) is 0. The summed E-state index contributed by atoms with van der Waals surface area (Å²) in [5.74, 6) is 0. The van der Waals surface area contributed by atoms with Gasteiger partial charge < -0.3 is 18.4 Å². The van der Waals surface area contributed by atoms with Crippen LogP contribution in [0, 0.1) is 37.3 Å². The molecule has 46 valence electrons. The van der Waals surface area contributed by atoms with Crippen molar-refractivity contribution in [1.29, 1.82) is 0 Å². The van der Waals surface area contributed by atoms with Crippen LogP contribution in [0.4, 0.5) is 0 Å². The smallest absolute Gasteiger partial charge is 0.0495 e. The fourth-order valence-electron chi connectivity index (χ4n) is 0. The van der Waals surface area contributed by atoms with Crippen LogP contribution in [-0.2, 0) is 19.4 Å². The Balaban J connectivity index is -0.0000000450. The molecule has 0 rings (SSSR count). The maximum absolute atomic E-state index is 8.56. The summed E-state index contributed by atoms with van der Waals surface area (Å²) < 4.78 is 24.1. The first-order valence-corrected chi connectivity index (χ1v) is 1.55. The molecule has 0 saturated carbocycles. The maximum atomic E-state index is 8.56. The Labute approximate surface area is 66.2 Å². The Hall–Kier alpha value is 1.12. The molecule has 0 spiro atoms. The Bertz CT molecular complexity index is 55.9. The maximum Gasteiger partial charge on any atom is 0.0495 e. The first kappa shape index (κ1) is 15.7. The van der Waals surface area contributed by atoms with Crippen molar-refractivity contribution in [3.05, 3.63) is 0 Å². The largest absolute Gasteiger partial charge is 0.439 e. The Kier molecular flexibility index (Phi) is 24.7. The summed E-state index contributed by atoms with van der Waals surface area (Å²) in [5, 5.41) is 0. The minimum atomic E-state index is -2.86. The molecule has 6 heavy (non-hydrogen) atoms. The predicted octanol–water partition coefficient (Wildman–Crippen LogP) is -1.06. The summed E-state index contributed by atoms with van der Waals surface area (Å²) in [7, 11) is -2.86. The molecule has 0 saturated heterocycles. The zero-order valence-electron chi connectivity index (χ0n) is 2.46. The molecule has 0 fully saturated rings. The molecule has 0 amide bonds. The molecular weight excluding hydrogens is 263 g/mol. The van der Waals surface area contributed by atoms with E-state index in [2.05, 4.69) is 0 Å². The van der Waals surface area contributed by atoms with Crippen LogP contribution in [0.3, 0.4) is 0 Å². The molecule has 0 aliphatic carbocycles. The van der Waals surface area contributed by atoms with Crippen LogP contribution in [0.1, 0.15) is 0 Å². The van der Waals surface area contributed by atoms with Gasteiger partial charge in [-0.05, 0) is 0 Å². The van der Waals surface area contributed by atoms with Crippen LogP contribution in [0.2, 0.25) is 0 Å². The Morgan fingerprint density at radius 2 is 1.33 bits per heavy atom. The quantitative estimate of drug-likeness (QED) is 0.345. The van der Waals surface area contributed by atoms with E-state index in [0.717, 1.165) is 0 Å². The van der Waals surface area contributed by atoms with E-state index in [-0.39, 0.29) is 42.8 Å². The minimum Gasteiger partial charge on any atom is -0.439 e. The van der Waals surface area contributed by atoms with Gasteiger partial charge in [0.15, 0.2) is 0 Å². The second kappa shape index (κ2) is 9.45. The van der Waals surface area contributed by atoms with Crippen molar-refractivity contribution in [3.8, 4) is 0 Å². The molecule has 0 atom stereocenters. The molecular formula is H3ErO4S-. The summed E-state index contributed by atoms with van der Waals surface area (Å²) >= 11 is 0. The van der Waals surface area contributed by atoms with E-state index >= 15 is 0 Å². The average Bonchev–Trinajstić information content (AvgIpc) is 0.811. The summed E-state index contributed by atoms with van der Waals surface area (Å²) in [5.41, 5.74) is 0. The second-order valence-electron chi connectivity index (χ2n) is 0.217. The molecule has 6 heteroatoms. The van der Waals surface area contributed by atoms with Gasteiger partial charge in [0.1, 0.15) is 0 Å². The number of hydrogen-bond donors (Lipinski definition) is 1. The van der Waals surface area contributed by atoms with E-state index in [0.29, 0.717) is 0 Å². The van der Waals surface area contributed by atoms with Crippen molar-refractivity contribution < 1.29 is 55.8 Å². The van der Waals surface area contributed by atoms with Gasteiger partial charge in [-0.1, -0.05) is 0 Å². The van der Waals surface area contributed by atoms with Crippen molar-refractivity contribution in [2.75, 3.05) is 0 Å². The van der Waals surface area contributed by atoms with Crippen molar-refractivity contribution in [2.24, 2.45) is 0 Å². The molecule has 0 heterocycles. The van der Waals surface area contributed by atoms with Gasteiger partial charge in [0.25, 0.3) is 0 Å². The molecule has 0 aliphatic heterocycles. The van der Waals surface area contributed by atoms with Crippen LogP contribution in [-0.4, -0.2) is 10.0 Å². The van der Waals surface area contributed by atoms with Crippen LogP contribution < -0.4 is 0 Å². The van der Waals surface area contributed by atoms with Gasteiger partial charge in [-0.3, -0.25) is 0 Å². The van der Waals surface area contributed by atoms with Gasteiger partial charge in [0.2, 0.25) is 0 Å². The van der Waals surface area contributed by atoms with E-state index in [9.17, 15) is 0 Å². The van der Waals surface area contributed by atoms with E-state index in [1.54, 1.807) is 0 Å². The number of rotatable bonds is 0. The van der Waals surface area contributed by atoms with E-state index in [4.69, 9.17) is 13.0 Å². The van der Waals surface area contributed by atoms with Gasteiger partial charge in [-0.2, -0.15) is 0 Å². The van der Waals surface area contributed by atoms with E-state index < -0.39 is 11.0 Å². The first-order valence-electron chi connectivity index (χ1n) is 0.516. The van der Waals surface area contributed by atoms with E-state index in [1.807, 2.05) is 0 Å². The zero-order valence-corrected chi connectivity index (χ0v) is 5.13. The van der Waals surface area contributed by atoms with Gasteiger partial charge >= 0.3 is 0 Å². The van der Waals surface area contributed by atoms with Gasteiger partial charge in [0, 0.05) is 48.3 Å². The standard InChI is InChI=1S/Er.HO3S.H2O/c;1-4(2)3;/h;(H,1,2,3);1H2/q;-1;. The third-order valence-corrected chi connectivity index (χ3v) is 0. The van der Waals surface area contributed by atoms with Gasteiger partial charge in [-0.15, -0.1) is 0 Å². The van der Waals surface area contributed by atoms with Gasteiger partial charge in [0.05, 0.1) is 0 Å². The first-order chi connectivity index (χ1) is 1.73. The SMILES string of the molecule is O.O=[S-](=O)O.[Er]. The van der Waals surface area contributed by atoms with Crippen LogP contribution in [0.15, 0.2) is 0 Å². The third-order valence-electron chi connectivity index (χ3n) is 0. The molecule has 0 unspecified atom stereocenters. The molecule has 0 aromatic rings. The molecule has 4 nitrogen and oxygen atoms in total. The minimum absolute atomic E-state index is 0.